The van der Waals surface area contributed by atoms with Crippen molar-refractivity contribution in [3.05, 3.63) is 35.8 Å². The maximum absolute atomic E-state index is 12.7. The molecule has 3 heterocycles. The third-order valence-corrected chi connectivity index (χ3v) is 4.57. The number of furan rings is 1. The first-order chi connectivity index (χ1) is 13.0. The molecule has 1 aliphatic heterocycles. The molecule has 0 saturated carbocycles. The van der Waals surface area contributed by atoms with Crippen LogP contribution in [0, 0.1) is 12.8 Å². The molecule has 1 atom stereocenters. The lowest BCUT2D eigenvalue weighted by atomic mass is 10.1. The van der Waals surface area contributed by atoms with Gasteiger partial charge in [-0.1, -0.05) is 13.8 Å². The predicted octanol–water partition coefficient (Wildman–Crippen LogP) is 1.85. The standard InChI is InChI=1S/C18H26N6O3/c1-12(2)17(25)24-8-5-7-23(11-15(24)16-20-13(3)21-22-16)18(26)19-10-14-6-4-9-27-14/h4,6,9,12,15H,5,7-8,10-11H2,1-3H3,(H,19,26)(H,20,21,22). The Morgan fingerprint density at radius 1 is 1.41 bits per heavy atom. The third-order valence-electron chi connectivity index (χ3n) is 4.57. The predicted molar refractivity (Wildman–Crippen MR) is 97.5 cm³/mol. The number of nitrogens with zero attached hydrogens (tertiary/aromatic N) is 4. The Bertz CT molecular complexity index is 770. The molecule has 9 heteroatoms. The zero-order chi connectivity index (χ0) is 19.4. The summed E-state index contributed by atoms with van der Waals surface area (Å²) in [5.74, 6) is 1.82. The molecule has 27 heavy (non-hydrogen) atoms. The van der Waals surface area contributed by atoms with E-state index in [0.29, 0.717) is 50.0 Å². The van der Waals surface area contributed by atoms with Crippen LogP contribution in [-0.4, -0.2) is 56.6 Å². The van der Waals surface area contributed by atoms with E-state index in [9.17, 15) is 9.59 Å². The molecule has 1 aliphatic rings. The van der Waals surface area contributed by atoms with Gasteiger partial charge in [0.25, 0.3) is 0 Å². The molecule has 9 nitrogen and oxygen atoms in total. The van der Waals surface area contributed by atoms with Gasteiger partial charge in [-0.05, 0) is 25.5 Å². The molecule has 1 unspecified atom stereocenters. The molecule has 1 fully saturated rings. The highest BCUT2D eigenvalue weighted by atomic mass is 16.3. The van der Waals surface area contributed by atoms with Gasteiger partial charge in [-0.15, -0.1) is 0 Å². The van der Waals surface area contributed by atoms with Crippen molar-refractivity contribution < 1.29 is 14.0 Å². The highest BCUT2D eigenvalue weighted by Crippen LogP contribution is 2.24. The quantitative estimate of drug-likeness (QED) is 0.849. The molecular weight excluding hydrogens is 348 g/mol. The number of carbonyl (C=O) groups is 2. The number of H-pyrrole nitrogens is 1. The summed E-state index contributed by atoms with van der Waals surface area (Å²) in [5.41, 5.74) is 0. The normalized spacial score (nSPS) is 17.9. The Morgan fingerprint density at radius 3 is 2.85 bits per heavy atom. The highest BCUT2D eigenvalue weighted by molar-refractivity contribution is 5.79. The van der Waals surface area contributed by atoms with Crippen molar-refractivity contribution in [1.29, 1.82) is 0 Å². The maximum Gasteiger partial charge on any atom is 0.317 e. The van der Waals surface area contributed by atoms with Gasteiger partial charge >= 0.3 is 6.03 Å². The van der Waals surface area contributed by atoms with Crippen LogP contribution in [0.3, 0.4) is 0 Å². The summed E-state index contributed by atoms with van der Waals surface area (Å²) in [7, 11) is 0. The molecule has 0 bridgehead atoms. The lowest BCUT2D eigenvalue weighted by molar-refractivity contribution is -0.137. The minimum atomic E-state index is -0.373. The minimum Gasteiger partial charge on any atom is -0.467 e. The molecule has 0 aliphatic carbocycles. The summed E-state index contributed by atoms with van der Waals surface area (Å²) >= 11 is 0. The summed E-state index contributed by atoms with van der Waals surface area (Å²) in [6.07, 6.45) is 2.27. The first-order valence-corrected chi connectivity index (χ1v) is 9.20. The zero-order valence-electron chi connectivity index (χ0n) is 15.9. The van der Waals surface area contributed by atoms with Gasteiger partial charge in [0.2, 0.25) is 5.91 Å². The average Bonchev–Trinajstić information content (AvgIpc) is 3.26. The van der Waals surface area contributed by atoms with Crippen molar-refractivity contribution in [2.24, 2.45) is 5.92 Å². The second kappa shape index (κ2) is 8.24. The monoisotopic (exact) mass is 374 g/mol. The van der Waals surface area contributed by atoms with E-state index in [1.54, 1.807) is 22.1 Å². The second-order valence-electron chi connectivity index (χ2n) is 7.02. The van der Waals surface area contributed by atoms with Crippen LogP contribution in [-0.2, 0) is 11.3 Å². The number of aromatic nitrogens is 3. The van der Waals surface area contributed by atoms with Gasteiger partial charge in [0.05, 0.1) is 19.4 Å². The fraction of sp³-hybridized carbons (Fsp3) is 0.556. The Hall–Kier alpha value is -2.84. The number of aromatic amines is 1. The second-order valence-corrected chi connectivity index (χ2v) is 7.02. The van der Waals surface area contributed by atoms with E-state index in [1.165, 1.54) is 0 Å². The number of carbonyl (C=O) groups excluding carboxylic acids is 2. The molecule has 2 aromatic rings. The van der Waals surface area contributed by atoms with Crippen LogP contribution >= 0.6 is 0 Å². The van der Waals surface area contributed by atoms with Crippen LogP contribution in [0.5, 0.6) is 0 Å². The van der Waals surface area contributed by atoms with Crippen molar-refractivity contribution in [2.75, 3.05) is 19.6 Å². The van der Waals surface area contributed by atoms with Gasteiger partial charge in [-0.25, -0.2) is 9.78 Å². The third kappa shape index (κ3) is 4.47. The van der Waals surface area contributed by atoms with Crippen LogP contribution in [0.4, 0.5) is 4.79 Å². The van der Waals surface area contributed by atoms with Crippen LogP contribution in [0.1, 0.15) is 43.7 Å². The summed E-state index contributed by atoms with van der Waals surface area (Å²) in [4.78, 5) is 33.3. The molecular formula is C18H26N6O3. The van der Waals surface area contributed by atoms with Crippen LogP contribution < -0.4 is 5.32 Å². The fourth-order valence-corrected chi connectivity index (χ4v) is 3.18. The minimum absolute atomic E-state index is 0.0419. The molecule has 0 spiro atoms. The smallest absolute Gasteiger partial charge is 0.317 e. The number of amides is 3. The number of hydrogen-bond acceptors (Lipinski definition) is 5. The van der Waals surface area contributed by atoms with E-state index in [4.69, 9.17) is 4.42 Å². The van der Waals surface area contributed by atoms with E-state index in [1.807, 2.05) is 26.8 Å². The van der Waals surface area contributed by atoms with Gasteiger partial charge in [0.1, 0.15) is 17.6 Å². The first-order valence-electron chi connectivity index (χ1n) is 9.20. The maximum atomic E-state index is 12.7. The molecule has 0 aromatic carbocycles. The van der Waals surface area contributed by atoms with Crippen molar-refractivity contribution in [3.63, 3.8) is 0 Å². The van der Waals surface area contributed by atoms with E-state index >= 15 is 0 Å². The van der Waals surface area contributed by atoms with Crippen molar-refractivity contribution in [2.45, 2.75) is 39.8 Å². The van der Waals surface area contributed by atoms with Crippen LogP contribution in [0.2, 0.25) is 0 Å². The van der Waals surface area contributed by atoms with Crippen LogP contribution in [0.25, 0.3) is 0 Å². The number of hydrogen-bond donors (Lipinski definition) is 2. The average molecular weight is 374 g/mol. The molecule has 146 valence electrons. The van der Waals surface area contributed by atoms with Crippen LogP contribution in [0.15, 0.2) is 22.8 Å². The fourth-order valence-electron chi connectivity index (χ4n) is 3.18. The Kier molecular flexibility index (Phi) is 5.78. The summed E-state index contributed by atoms with van der Waals surface area (Å²) in [5, 5.41) is 9.95. The van der Waals surface area contributed by atoms with Crippen molar-refractivity contribution in [1.82, 2.24) is 30.3 Å². The van der Waals surface area contributed by atoms with Gasteiger partial charge in [-0.3, -0.25) is 9.89 Å². The largest absolute Gasteiger partial charge is 0.467 e. The Labute approximate surface area is 158 Å². The number of urea groups is 1. The zero-order valence-corrected chi connectivity index (χ0v) is 15.9. The Morgan fingerprint density at radius 2 is 2.22 bits per heavy atom. The highest BCUT2D eigenvalue weighted by Gasteiger charge is 2.34. The molecule has 3 amide bonds. The van der Waals surface area contributed by atoms with Crippen molar-refractivity contribution >= 4 is 11.9 Å². The first kappa shape index (κ1) is 18.9. The lowest BCUT2D eigenvalue weighted by Crippen LogP contribution is -2.44. The molecule has 1 saturated heterocycles. The number of aryl methyl sites for hydroxylation is 1. The molecule has 0 radical (unpaired) electrons. The van der Waals surface area contributed by atoms with E-state index in [-0.39, 0.29) is 23.9 Å². The molecule has 3 rings (SSSR count). The van der Waals surface area contributed by atoms with Gasteiger partial charge in [-0.2, -0.15) is 5.10 Å². The van der Waals surface area contributed by atoms with Gasteiger partial charge in [0.15, 0.2) is 5.82 Å². The number of rotatable bonds is 4. The summed E-state index contributed by atoms with van der Waals surface area (Å²) < 4.78 is 5.25. The number of nitrogens with one attached hydrogen (secondary N) is 2. The Balaban J connectivity index is 1.76. The van der Waals surface area contributed by atoms with Crippen molar-refractivity contribution in [3.8, 4) is 0 Å². The summed E-state index contributed by atoms with van der Waals surface area (Å²) in [6, 6.07) is 3.03. The van der Waals surface area contributed by atoms with Gasteiger partial charge in [0, 0.05) is 19.0 Å². The molecule has 2 N–H and O–H groups in total. The summed E-state index contributed by atoms with van der Waals surface area (Å²) in [6.45, 7) is 7.36. The molecule has 2 aromatic heterocycles. The van der Waals surface area contributed by atoms with E-state index in [2.05, 4.69) is 20.5 Å². The van der Waals surface area contributed by atoms with Gasteiger partial charge < -0.3 is 19.5 Å². The topological polar surface area (TPSA) is 107 Å². The lowest BCUT2D eigenvalue weighted by Gasteiger charge is -2.31. The van der Waals surface area contributed by atoms with E-state index < -0.39 is 0 Å². The van der Waals surface area contributed by atoms with E-state index in [0.717, 1.165) is 0 Å². The SMILES string of the molecule is Cc1nc(C2CN(C(=O)NCc3ccco3)CCCN2C(=O)C(C)C)n[nH]1.